The number of hydrogen-bond acceptors (Lipinski definition) is 4. The van der Waals surface area contributed by atoms with Crippen LogP contribution < -0.4 is 5.32 Å². The molecule has 0 unspecified atom stereocenters. The van der Waals surface area contributed by atoms with Crippen LogP contribution >= 0.6 is 11.3 Å². The minimum Gasteiger partial charge on any atom is -0.317 e. The Morgan fingerprint density at radius 2 is 2.10 bits per heavy atom. The molecule has 6 heteroatoms. The first kappa shape index (κ1) is 17.6. The van der Waals surface area contributed by atoms with E-state index in [4.69, 9.17) is 0 Å². The Morgan fingerprint density at radius 1 is 1.35 bits per heavy atom. The molecule has 0 fully saturated rings. The van der Waals surface area contributed by atoms with E-state index in [0.29, 0.717) is 13.0 Å². The second-order valence-electron chi connectivity index (χ2n) is 5.14. The lowest BCUT2D eigenvalue weighted by Crippen LogP contribution is -2.38. The maximum absolute atomic E-state index is 12.4. The molecule has 0 saturated heterocycles. The minimum absolute atomic E-state index is 0.00861. The standard InChI is InChI=1S/C14H26N2O2S2/c1-4-8-15-9-6-11-20(17,18)16(13(2)3)12-14-7-5-10-19-14/h5,7,10,13,15H,4,6,8-9,11-12H2,1-3H3. The van der Waals surface area contributed by atoms with E-state index in [9.17, 15) is 8.42 Å². The van der Waals surface area contributed by atoms with Crippen molar-refractivity contribution in [3.63, 3.8) is 0 Å². The molecule has 1 rings (SSSR count). The molecule has 0 saturated carbocycles. The van der Waals surface area contributed by atoms with Crippen molar-refractivity contribution >= 4 is 21.4 Å². The molecule has 0 aromatic carbocycles. The molecular weight excluding hydrogens is 292 g/mol. The van der Waals surface area contributed by atoms with E-state index in [1.807, 2.05) is 31.4 Å². The van der Waals surface area contributed by atoms with Crippen molar-refractivity contribution in [1.29, 1.82) is 0 Å². The van der Waals surface area contributed by atoms with Crippen LogP contribution in [-0.2, 0) is 16.6 Å². The molecule has 1 heterocycles. The smallest absolute Gasteiger partial charge is 0.214 e. The lowest BCUT2D eigenvalue weighted by Gasteiger charge is -2.25. The summed E-state index contributed by atoms with van der Waals surface area (Å²) in [7, 11) is -3.18. The summed E-state index contributed by atoms with van der Waals surface area (Å²) in [6, 6.07) is 3.93. The largest absolute Gasteiger partial charge is 0.317 e. The fourth-order valence-electron chi connectivity index (χ4n) is 1.96. The predicted octanol–water partition coefficient (Wildman–Crippen LogP) is 2.68. The van der Waals surface area contributed by atoms with Gasteiger partial charge in [0.05, 0.1) is 5.75 Å². The van der Waals surface area contributed by atoms with Gasteiger partial charge in [-0.05, 0) is 51.2 Å². The highest BCUT2D eigenvalue weighted by molar-refractivity contribution is 7.89. The summed E-state index contributed by atoms with van der Waals surface area (Å²) in [5.74, 6) is 0.216. The first-order valence-corrected chi connectivity index (χ1v) is 9.69. The first-order chi connectivity index (χ1) is 9.47. The van der Waals surface area contributed by atoms with Crippen LogP contribution in [0, 0.1) is 0 Å². The molecule has 0 aliphatic carbocycles. The number of rotatable bonds is 10. The molecule has 4 nitrogen and oxygen atoms in total. The van der Waals surface area contributed by atoms with Crippen molar-refractivity contribution in [1.82, 2.24) is 9.62 Å². The van der Waals surface area contributed by atoms with Crippen molar-refractivity contribution in [2.24, 2.45) is 0 Å². The molecule has 0 atom stereocenters. The van der Waals surface area contributed by atoms with Crippen LogP contribution in [0.5, 0.6) is 0 Å². The highest BCUT2D eigenvalue weighted by Crippen LogP contribution is 2.17. The van der Waals surface area contributed by atoms with Gasteiger partial charge in [-0.25, -0.2) is 8.42 Å². The molecule has 0 aliphatic heterocycles. The van der Waals surface area contributed by atoms with E-state index < -0.39 is 10.0 Å². The van der Waals surface area contributed by atoms with Crippen molar-refractivity contribution in [3.8, 4) is 0 Å². The number of nitrogens with zero attached hydrogens (tertiary/aromatic N) is 1. The van der Waals surface area contributed by atoms with Gasteiger partial charge in [0.15, 0.2) is 0 Å². The zero-order valence-corrected chi connectivity index (χ0v) is 14.3. The lowest BCUT2D eigenvalue weighted by molar-refractivity contribution is 0.350. The summed E-state index contributed by atoms with van der Waals surface area (Å²) >= 11 is 1.60. The normalized spacial score (nSPS) is 12.4. The van der Waals surface area contributed by atoms with E-state index in [1.54, 1.807) is 15.6 Å². The summed E-state index contributed by atoms with van der Waals surface area (Å²) in [5.41, 5.74) is 0. The van der Waals surface area contributed by atoms with Gasteiger partial charge in [0, 0.05) is 17.5 Å². The SMILES string of the molecule is CCCNCCCS(=O)(=O)N(Cc1cccs1)C(C)C. The van der Waals surface area contributed by atoms with Crippen LogP contribution in [0.1, 0.15) is 38.5 Å². The van der Waals surface area contributed by atoms with Crippen LogP contribution in [0.3, 0.4) is 0 Å². The quantitative estimate of drug-likeness (QED) is 0.675. The zero-order chi connectivity index (χ0) is 15.0. The first-order valence-electron chi connectivity index (χ1n) is 7.20. The second-order valence-corrected chi connectivity index (χ2v) is 8.21. The minimum atomic E-state index is -3.18. The van der Waals surface area contributed by atoms with Crippen molar-refractivity contribution in [2.75, 3.05) is 18.8 Å². The number of sulfonamides is 1. The summed E-state index contributed by atoms with van der Waals surface area (Å²) < 4.78 is 26.5. The fourth-order valence-corrected chi connectivity index (χ4v) is 4.46. The van der Waals surface area contributed by atoms with Gasteiger partial charge < -0.3 is 5.32 Å². The van der Waals surface area contributed by atoms with Crippen LogP contribution in [0.25, 0.3) is 0 Å². The summed E-state index contributed by atoms with van der Waals surface area (Å²) in [4.78, 5) is 1.09. The fraction of sp³-hybridized carbons (Fsp3) is 0.714. The maximum Gasteiger partial charge on any atom is 0.214 e. The molecule has 116 valence electrons. The molecule has 0 spiro atoms. The molecule has 0 radical (unpaired) electrons. The molecule has 0 aliphatic rings. The van der Waals surface area contributed by atoms with Gasteiger partial charge in [-0.3, -0.25) is 0 Å². The summed E-state index contributed by atoms with van der Waals surface area (Å²) in [6.07, 6.45) is 1.74. The van der Waals surface area contributed by atoms with E-state index in [1.165, 1.54) is 0 Å². The Labute approximate surface area is 127 Å². The predicted molar refractivity (Wildman–Crippen MR) is 86.6 cm³/mol. The van der Waals surface area contributed by atoms with Crippen LogP contribution in [-0.4, -0.2) is 37.6 Å². The lowest BCUT2D eigenvalue weighted by atomic mass is 10.4. The Balaban J connectivity index is 2.55. The average molecular weight is 319 g/mol. The van der Waals surface area contributed by atoms with E-state index in [0.717, 1.165) is 24.4 Å². The Hall–Kier alpha value is -0.430. The van der Waals surface area contributed by atoms with Gasteiger partial charge in [-0.2, -0.15) is 4.31 Å². The average Bonchev–Trinajstić information content (AvgIpc) is 2.88. The van der Waals surface area contributed by atoms with Crippen LogP contribution in [0.2, 0.25) is 0 Å². The van der Waals surface area contributed by atoms with Crippen LogP contribution in [0.15, 0.2) is 17.5 Å². The second kappa shape index (κ2) is 8.77. The molecule has 20 heavy (non-hydrogen) atoms. The van der Waals surface area contributed by atoms with E-state index in [-0.39, 0.29) is 11.8 Å². The summed E-state index contributed by atoms with van der Waals surface area (Å²) in [6.45, 7) is 8.16. The van der Waals surface area contributed by atoms with Gasteiger partial charge in [0.25, 0.3) is 0 Å². The van der Waals surface area contributed by atoms with Crippen molar-refractivity contribution in [3.05, 3.63) is 22.4 Å². The molecule has 0 amide bonds. The van der Waals surface area contributed by atoms with E-state index in [2.05, 4.69) is 12.2 Å². The molecule has 1 aromatic heterocycles. The number of thiophene rings is 1. The molecular formula is C14H26N2O2S2. The van der Waals surface area contributed by atoms with Gasteiger partial charge in [0.2, 0.25) is 10.0 Å². The summed E-state index contributed by atoms with van der Waals surface area (Å²) in [5, 5.41) is 5.22. The van der Waals surface area contributed by atoms with E-state index >= 15 is 0 Å². The van der Waals surface area contributed by atoms with Crippen molar-refractivity contribution < 1.29 is 8.42 Å². The monoisotopic (exact) mass is 318 g/mol. The topological polar surface area (TPSA) is 49.4 Å². The third-order valence-electron chi connectivity index (χ3n) is 3.01. The molecule has 1 N–H and O–H groups in total. The van der Waals surface area contributed by atoms with Gasteiger partial charge in [-0.15, -0.1) is 11.3 Å². The Kier molecular flexibility index (Phi) is 7.72. The Bertz CT molecular complexity index is 456. The van der Waals surface area contributed by atoms with Crippen molar-refractivity contribution in [2.45, 2.75) is 46.2 Å². The number of nitrogens with one attached hydrogen (secondary N) is 1. The third-order valence-corrected chi connectivity index (χ3v) is 5.94. The molecule has 1 aromatic rings. The number of hydrogen-bond donors (Lipinski definition) is 1. The van der Waals surface area contributed by atoms with Crippen LogP contribution in [0.4, 0.5) is 0 Å². The van der Waals surface area contributed by atoms with Gasteiger partial charge in [0.1, 0.15) is 0 Å². The maximum atomic E-state index is 12.4. The highest BCUT2D eigenvalue weighted by atomic mass is 32.2. The zero-order valence-electron chi connectivity index (χ0n) is 12.6. The molecule has 0 bridgehead atoms. The highest BCUT2D eigenvalue weighted by Gasteiger charge is 2.24. The van der Waals surface area contributed by atoms with Gasteiger partial charge in [-0.1, -0.05) is 13.0 Å². The third kappa shape index (κ3) is 5.91. The Morgan fingerprint density at radius 3 is 2.65 bits per heavy atom. The van der Waals surface area contributed by atoms with Gasteiger partial charge >= 0.3 is 0 Å².